The number of aryl methyl sites for hydroxylation is 2. The van der Waals surface area contributed by atoms with Crippen molar-refractivity contribution in [2.75, 3.05) is 5.73 Å². The first-order valence-corrected chi connectivity index (χ1v) is 7.89. The van der Waals surface area contributed by atoms with E-state index < -0.39 is 32.1 Å². The molecule has 0 aliphatic rings. The van der Waals surface area contributed by atoms with Crippen molar-refractivity contribution in [1.82, 2.24) is 0 Å². The van der Waals surface area contributed by atoms with Gasteiger partial charge in [0.15, 0.2) is 9.84 Å². The number of sulfone groups is 1. The van der Waals surface area contributed by atoms with Gasteiger partial charge in [-0.1, -0.05) is 18.2 Å². The minimum absolute atomic E-state index is 0.157. The Labute approximate surface area is 122 Å². The maximum atomic E-state index is 13.8. The van der Waals surface area contributed by atoms with Crippen LogP contribution in [0.1, 0.15) is 16.7 Å². The molecule has 112 valence electrons. The molecule has 0 aliphatic carbocycles. The van der Waals surface area contributed by atoms with Crippen molar-refractivity contribution < 1.29 is 17.2 Å². The molecule has 0 saturated carbocycles. The van der Waals surface area contributed by atoms with Gasteiger partial charge in [-0.15, -0.1) is 0 Å². The maximum Gasteiger partial charge on any atom is 0.188 e. The van der Waals surface area contributed by atoms with Crippen LogP contribution in [0.15, 0.2) is 35.2 Å². The Bertz CT molecular complexity index is 778. The van der Waals surface area contributed by atoms with Crippen LogP contribution in [-0.2, 0) is 15.6 Å². The molecule has 0 unspecified atom stereocenters. The average Bonchev–Trinajstić information content (AvgIpc) is 2.31. The number of halogens is 2. The highest BCUT2D eigenvalue weighted by atomic mass is 32.2. The summed E-state index contributed by atoms with van der Waals surface area (Å²) in [7, 11) is -4.13. The molecule has 3 nitrogen and oxygen atoms in total. The summed E-state index contributed by atoms with van der Waals surface area (Å²) in [4.78, 5) is -0.935. The third-order valence-electron chi connectivity index (χ3n) is 3.26. The van der Waals surface area contributed by atoms with Gasteiger partial charge < -0.3 is 5.73 Å². The zero-order chi connectivity index (χ0) is 15.8. The van der Waals surface area contributed by atoms with E-state index in [0.29, 0.717) is 5.56 Å². The van der Waals surface area contributed by atoms with Crippen LogP contribution in [0.5, 0.6) is 0 Å². The Morgan fingerprint density at radius 2 is 1.57 bits per heavy atom. The van der Waals surface area contributed by atoms with Gasteiger partial charge in [0.2, 0.25) is 0 Å². The molecule has 2 rings (SSSR count). The molecule has 0 bridgehead atoms. The van der Waals surface area contributed by atoms with E-state index in [9.17, 15) is 17.2 Å². The predicted molar refractivity (Wildman–Crippen MR) is 77.6 cm³/mol. The van der Waals surface area contributed by atoms with Crippen LogP contribution in [0.2, 0.25) is 0 Å². The minimum Gasteiger partial charge on any atom is -0.399 e. The summed E-state index contributed by atoms with van der Waals surface area (Å²) in [5.74, 6) is -2.81. The highest BCUT2D eigenvalue weighted by Crippen LogP contribution is 2.25. The lowest BCUT2D eigenvalue weighted by Crippen LogP contribution is -2.10. The number of hydrogen-bond acceptors (Lipinski definition) is 3. The molecule has 2 N–H and O–H groups in total. The van der Waals surface area contributed by atoms with Crippen molar-refractivity contribution in [3.8, 4) is 0 Å². The van der Waals surface area contributed by atoms with Gasteiger partial charge in [-0.3, -0.25) is 0 Å². The number of rotatable bonds is 3. The highest BCUT2D eigenvalue weighted by Gasteiger charge is 2.25. The summed E-state index contributed by atoms with van der Waals surface area (Å²) in [5.41, 5.74) is 7.54. The molecule has 2 aromatic carbocycles. The molecule has 0 amide bonds. The molecule has 6 heteroatoms. The number of nitrogen functional groups attached to an aromatic ring is 1. The standard InChI is InChI=1S/C15H15F2NO2S/c1-9-3-4-11(5-10(9)2)8-21(19,20)15-13(16)6-12(18)7-14(15)17/h3-7H,8,18H2,1-2H3. The van der Waals surface area contributed by atoms with Crippen molar-refractivity contribution in [3.05, 3.63) is 58.7 Å². The van der Waals surface area contributed by atoms with Crippen molar-refractivity contribution in [2.45, 2.75) is 24.5 Å². The van der Waals surface area contributed by atoms with Gasteiger partial charge >= 0.3 is 0 Å². The minimum atomic E-state index is -4.13. The lowest BCUT2D eigenvalue weighted by Gasteiger charge is -2.09. The van der Waals surface area contributed by atoms with Crippen LogP contribution in [0.4, 0.5) is 14.5 Å². The van der Waals surface area contributed by atoms with Crippen molar-refractivity contribution in [3.63, 3.8) is 0 Å². The topological polar surface area (TPSA) is 60.2 Å². The van der Waals surface area contributed by atoms with Gasteiger partial charge in [0, 0.05) is 5.69 Å². The Hall–Kier alpha value is -1.95. The van der Waals surface area contributed by atoms with Gasteiger partial charge in [0.05, 0.1) is 5.75 Å². The Morgan fingerprint density at radius 1 is 1.00 bits per heavy atom. The van der Waals surface area contributed by atoms with E-state index in [1.54, 1.807) is 18.2 Å². The Balaban J connectivity index is 2.46. The zero-order valence-electron chi connectivity index (χ0n) is 11.7. The first-order chi connectivity index (χ1) is 9.70. The Morgan fingerprint density at radius 3 is 2.10 bits per heavy atom. The van der Waals surface area contributed by atoms with Crippen LogP contribution in [0, 0.1) is 25.5 Å². The van der Waals surface area contributed by atoms with Crippen LogP contribution < -0.4 is 5.73 Å². The van der Waals surface area contributed by atoms with Crippen LogP contribution in [0.25, 0.3) is 0 Å². The monoisotopic (exact) mass is 311 g/mol. The first kappa shape index (κ1) is 15.4. The fraction of sp³-hybridized carbons (Fsp3) is 0.200. The summed E-state index contributed by atoms with van der Waals surface area (Å²) in [6.07, 6.45) is 0. The zero-order valence-corrected chi connectivity index (χ0v) is 12.5. The van der Waals surface area contributed by atoms with Crippen molar-refractivity contribution in [1.29, 1.82) is 0 Å². The van der Waals surface area contributed by atoms with E-state index in [0.717, 1.165) is 23.3 Å². The van der Waals surface area contributed by atoms with Gasteiger partial charge in [0.25, 0.3) is 0 Å². The summed E-state index contributed by atoms with van der Waals surface area (Å²) in [5, 5.41) is 0. The van der Waals surface area contributed by atoms with Crippen LogP contribution in [0.3, 0.4) is 0 Å². The fourth-order valence-corrected chi connectivity index (χ4v) is 3.54. The second kappa shape index (κ2) is 5.44. The van der Waals surface area contributed by atoms with Gasteiger partial charge in [-0.2, -0.15) is 0 Å². The molecule has 0 aliphatic heterocycles. The van der Waals surface area contributed by atoms with Gasteiger partial charge in [-0.25, -0.2) is 17.2 Å². The van der Waals surface area contributed by atoms with E-state index in [4.69, 9.17) is 5.73 Å². The largest absolute Gasteiger partial charge is 0.399 e. The van der Waals surface area contributed by atoms with Gasteiger partial charge in [0.1, 0.15) is 16.5 Å². The summed E-state index contributed by atoms with van der Waals surface area (Å²) in [6, 6.07) is 6.70. The number of benzene rings is 2. The highest BCUT2D eigenvalue weighted by molar-refractivity contribution is 7.90. The van der Waals surface area contributed by atoms with Crippen LogP contribution in [-0.4, -0.2) is 8.42 Å². The van der Waals surface area contributed by atoms with Gasteiger partial charge in [-0.05, 0) is 42.7 Å². The molecule has 0 saturated heterocycles. The third kappa shape index (κ3) is 3.21. The smallest absolute Gasteiger partial charge is 0.188 e. The Kier molecular flexibility index (Phi) is 4.00. The average molecular weight is 311 g/mol. The van der Waals surface area contributed by atoms with Crippen molar-refractivity contribution in [2.24, 2.45) is 0 Å². The molecule has 0 heterocycles. The summed E-state index contributed by atoms with van der Waals surface area (Å²) in [6.45, 7) is 3.74. The molecule has 0 fully saturated rings. The first-order valence-electron chi connectivity index (χ1n) is 6.24. The molecule has 0 atom stereocenters. The normalized spacial score (nSPS) is 11.6. The maximum absolute atomic E-state index is 13.8. The lowest BCUT2D eigenvalue weighted by atomic mass is 10.1. The molecule has 0 aromatic heterocycles. The number of nitrogens with two attached hydrogens (primary N) is 1. The molecule has 21 heavy (non-hydrogen) atoms. The quantitative estimate of drug-likeness (QED) is 0.886. The summed E-state index contributed by atoms with van der Waals surface area (Å²) >= 11 is 0. The predicted octanol–water partition coefficient (Wildman–Crippen LogP) is 3.14. The third-order valence-corrected chi connectivity index (χ3v) is 4.99. The number of hydrogen-bond donors (Lipinski definition) is 1. The van der Waals surface area contributed by atoms with E-state index >= 15 is 0 Å². The van der Waals surface area contributed by atoms with Crippen molar-refractivity contribution >= 4 is 15.5 Å². The number of anilines is 1. The second-order valence-corrected chi connectivity index (χ2v) is 6.92. The van der Waals surface area contributed by atoms with E-state index in [1.165, 1.54) is 0 Å². The SMILES string of the molecule is Cc1ccc(CS(=O)(=O)c2c(F)cc(N)cc2F)cc1C. The second-order valence-electron chi connectivity index (χ2n) is 4.99. The van der Waals surface area contributed by atoms with E-state index in [1.807, 2.05) is 13.8 Å². The van der Waals surface area contributed by atoms with Crippen LogP contribution >= 0.6 is 0 Å². The molecular formula is C15H15F2NO2S. The molecule has 2 aromatic rings. The molecular weight excluding hydrogens is 296 g/mol. The van der Waals surface area contributed by atoms with E-state index in [2.05, 4.69) is 0 Å². The summed E-state index contributed by atoms with van der Waals surface area (Å²) < 4.78 is 52.0. The fourth-order valence-electron chi connectivity index (χ4n) is 2.06. The molecule has 0 radical (unpaired) electrons. The molecule has 0 spiro atoms. The van der Waals surface area contributed by atoms with E-state index in [-0.39, 0.29) is 5.69 Å². The lowest BCUT2D eigenvalue weighted by molar-refractivity contribution is 0.520.